The molecule has 19 heavy (non-hydrogen) atoms. The second-order valence-electron chi connectivity index (χ2n) is 4.31. The summed E-state index contributed by atoms with van der Waals surface area (Å²) in [5, 5.41) is 3.37. The van der Waals surface area contributed by atoms with Crippen molar-refractivity contribution in [2.45, 2.75) is 26.3 Å². The zero-order valence-electron chi connectivity index (χ0n) is 11.0. The lowest BCUT2D eigenvalue weighted by atomic mass is 10.0. The molecule has 0 aliphatic heterocycles. The van der Waals surface area contributed by atoms with Crippen molar-refractivity contribution in [2.75, 3.05) is 6.54 Å². The third-order valence-electron chi connectivity index (χ3n) is 2.99. The molecule has 0 aliphatic rings. The molecule has 1 N–H and O–H groups in total. The number of halogens is 2. The molecule has 0 fully saturated rings. The molecule has 0 bridgehead atoms. The van der Waals surface area contributed by atoms with E-state index in [1.807, 2.05) is 13.0 Å². The smallest absolute Gasteiger partial charge is 0.128 e. The maximum atomic E-state index is 14.1. The lowest BCUT2D eigenvalue weighted by molar-refractivity contribution is 0.562. The third kappa shape index (κ3) is 3.44. The van der Waals surface area contributed by atoms with Gasteiger partial charge in [-0.25, -0.2) is 4.39 Å². The van der Waals surface area contributed by atoms with E-state index in [1.165, 1.54) is 10.9 Å². The van der Waals surface area contributed by atoms with E-state index in [9.17, 15) is 4.39 Å². The molecule has 2 rings (SSSR count). The summed E-state index contributed by atoms with van der Waals surface area (Å²) >= 11 is 5.16. The summed E-state index contributed by atoms with van der Waals surface area (Å²) in [7, 11) is 0. The van der Waals surface area contributed by atoms with Crippen molar-refractivity contribution in [3.8, 4) is 0 Å². The minimum Gasteiger partial charge on any atom is -0.306 e. The summed E-state index contributed by atoms with van der Waals surface area (Å²) in [6.07, 6.45) is 1.02. The van der Waals surface area contributed by atoms with Crippen LogP contribution in [0, 0.1) is 5.82 Å². The first-order valence-corrected chi connectivity index (χ1v) is 8.03. The SMILES string of the molecule is CCNC(c1ccc(CC)s1)c1cc(Br)ccc1F. The Morgan fingerprint density at radius 1 is 1.26 bits per heavy atom. The molecular formula is C15H17BrFNS. The Morgan fingerprint density at radius 3 is 2.68 bits per heavy atom. The predicted molar refractivity (Wildman–Crippen MR) is 83.3 cm³/mol. The third-order valence-corrected chi connectivity index (χ3v) is 4.78. The van der Waals surface area contributed by atoms with Gasteiger partial charge in [-0.15, -0.1) is 11.3 Å². The standard InChI is InChI=1S/C15H17BrFNS/c1-3-11-6-8-14(19-11)15(18-4-2)12-9-10(16)5-7-13(12)17/h5-9,15,18H,3-4H2,1-2H3. The molecule has 1 atom stereocenters. The van der Waals surface area contributed by atoms with Gasteiger partial charge in [0.25, 0.3) is 0 Å². The normalized spacial score (nSPS) is 12.6. The highest BCUT2D eigenvalue weighted by Crippen LogP contribution is 2.31. The Labute approximate surface area is 126 Å². The van der Waals surface area contributed by atoms with Gasteiger partial charge in [-0.05, 0) is 43.3 Å². The highest BCUT2D eigenvalue weighted by molar-refractivity contribution is 9.10. The van der Waals surface area contributed by atoms with E-state index in [4.69, 9.17) is 0 Å². The molecule has 1 heterocycles. The van der Waals surface area contributed by atoms with E-state index < -0.39 is 0 Å². The van der Waals surface area contributed by atoms with Crippen LogP contribution in [0.2, 0.25) is 0 Å². The maximum Gasteiger partial charge on any atom is 0.128 e. The molecule has 1 nitrogen and oxygen atoms in total. The van der Waals surface area contributed by atoms with Crippen LogP contribution in [0.25, 0.3) is 0 Å². The second kappa shape index (κ2) is 6.64. The van der Waals surface area contributed by atoms with Gasteiger partial charge in [-0.1, -0.05) is 29.8 Å². The predicted octanol–water partition coefficient (Wildman–Crippen LogP) is 4.91. The molecule has 4 heteroatoms. The highest BCUT2D eigenvalue weighted by atomic mass is 79.9. The first-order valence-electron chi connectivity index (χ1n) is 6.42. The van der Waals surface area contributed by atoms with Gasteiger partial charge in [-0.3, -0.25) is 0 Å². The topological polar surface area (TPSA) is 12.0 Å². The van der Waals surface area contributed by atoms with Crippen molar-refractivity contribution in [2.24, 2.45) is 0 Å². The number of hydrogen-bond donors (Lipinski definition) is 1. The average Bonchev–Trinajstić information content (AvgIpc) is 2.88. The zero-order chi connectivity index (χ0) is 13.8. The van der Waals surface area contributed by atoms with Crippen LogP contribution in [0.5, 0.6) is 0 Å². The fourth-order valence-electron chi connectivity index (χ4n) is 2.04. The van der Waals surface area contributed by atoms with Gasteiger partial charge < -0.3 is 5.32 Å². The molecule has 0 aliphatic carbocycles. The average molecular weight is 342 g/mol. The van der Waals surface area contributed by atoms with Crippen LogP contribution in [-0.2, 0) is 6.42 Å². The van der Waals surface area contributed by atoms with Crippen LogP contribution in [0.15, 0.2) is 34.8 Å². The number of hydrogen-bond acceptors (Lipinski definition) is 2. The Kier molecular flexibility index (Phi) is 5.13. The molecule has 0 amide bonds. The number of nitrogens with one attached hydrogen (secondary N) is 1. The van der Waals surface area contributed by atoms with E-state index in [0.29, 0.717) is 5.56 Å². The van der Waals surface area contributed by atoms with Gasteiger partial charge in [0.2, 0.25) is 0 Å². The van der Waals surface area contributed by atoms with E-state index in [-0.39, 0.29) is 11.9 Å². The summed E-state index contributed by atoms with van der Waals surface area (Å²) in [6.45, 7) is 4.98. The molecule has 0 saturated carbocycles. The second-order valence-corrected chi connectivity index (χ2v) is 6.43. The van der Waals surface area contributed by atoms with Gasteiger partial charge in [0.1, 0.15) is 5.82 Å². The molecular weight excluding hydrogens is 325 g/mol. The molecule has 2 aromatic rings. The Morgan fingerprint density at radius 2 is 2.05 bits per heavy atom. The Bertz CT molecular complexity index is 553. The molecule has 1 aromatic heterocycles. The number of rotatable bonds is 5. The van der Waals surface area contributed by atoms with Gasteiger partial charge in [0.15, 0.2) is 0 Å². The Hall–Kier alpha value is -0.710. The fourth-order valence-corrected chi connectivity index (χ4v) is 3.47. The van der Waals surface area contributed by atoms with Gasteiger partial charge in [0, 0.05) is 19.8 Å². The number of thiophene rings is 1. The highest BCUT2D eigenvalue weighted by Gasteiger charge is 2.19. The monoisotopic (exact) mass is 341 g/mol. The van der Waals surface area contributed by atoms with Crippen molar-refractivity contribution in [3.05, 3.63) is 55.9 Å². The van der Waals surface area contributed by atoms with Crippen LogP contribution < -0.4 is 5.32 Å². The van der Waals surface area contributed by atoms with Gasteiger partial charge in [0.05, 0.1) is 6.04 Å². The van der Waals surface area contributed by atoms with Crippen LogP contribution in [0.1, 0.15) is 35.2 Å². The van der Waals surface area contributed by atoms with Crippen molar-refractivity contribution in [3.63, 3.8) is 0 Å². The zero-order valence-corrected chi connectivity index (χ0v) is 13.4. The van der Waals surface area contributed by atoms with Crippen LogP contribution >= 0.6 is 27.3 Å². The van der Waals surface area contributed by atoms with Crippen molar-refractivity contribution in [1.82, 2.24) is 5.32 Å². The van der Waals surface area contributed by atoms with Crippen molar-refractivity contribution in [1.29, 1.82) is 0 Å². The largest absolute Gasteiger partial charge is 0.306 e. The fraction of sp³-hybridized carbons (Fsp3) is 0.333. The summed E-state index contributed by atoms with van der Waals surface area (Å²) in [5.41, 5.74) is 0.695. The minimum atomic E-state index is -0.166. The minimum absolute atomic E-state index is 0.0761. The first kappa shape index (κ1) is 14.7. The van der Waals surface area contributed by atoms with E-state index in [2.05, 4.69) is 40.3 Å². The molecule has 0 saturated heterocycles. The van der Waals surface area contributed by atoms with E-state index in [0.717, 1.165) is 22.3 Å². The Balaban J connectivity index is 2.41. The molecule has 0 spiro atoms. The maximum absolute atomic E-state index is 14.1. The summed E-state index contributed by atoms with van der Waals surface area (Å²) in [6, 6.07) is 9.24. The molecule has 0 radical (unpaired) electrons. The number of benzene rings is 1. The van der Waals surface area contributed by atoms with Crippen LogP contribution in [-0.4, -0.2) is 6.54 Å². The molecule has 1 aromatic carbocycles. The summed E-state index contributed by atoms with van der Waals surface area (Å²) < 4.78 is 15.0. The lowest BCUT2D eigenvalue weighted by Crippen LogP contribution is -2.22. The van der Waals surface area contributed by atoms with Crippen LogP contribution in [0.3, 0.4) is 0 Å². The van der Waals surface area contributed by atoms with Gasteiger partial charge in [-0.2, -0.15) is 0 Å². The quantitative estimate of drug-likeness (QED) is 0.814. The molecule has 1 unspecified atom stereocenters. The molecule has 102 valence electrons. The van der Waals surface area contributed by atoms with Gasteiger partial charge >= 0.3 is 0 Å². The number of aryl methyl sites for hydroxylation is 1. The van der Waals surface area contributed by atoms with E-state index >= 15 is 0 Å². The summed E-state index contributed by atoms with van der Waals surface area (Å²) in [4.78, 5) is 2.49. The van der Waals surface area contributed by atoms with Crippen molar-refractivity contribution < 1.29 is 4.39 Å². The van der Waals surface area contributed by atoms with E-state index in [1.54, 1.807) is 17.4 Å². The summed E-state index contributed by atoms with van der Waals surface area (Å²) in [5.74, 6) is -0.166. The first-order chi connectivity index (χ1) is 9.15. The van der Waals surface area contributed by atoms with Crippen molar-refractivity contribution >= 4 is 27.3 Å². The lowest BCUT2D eigenvalue weighted by Gasteiger charge is -2.18. The van der Waals surface area contributed by atoms with Crippen LogP contribution in [0.4, 0.5) is 4.39 Å².